The van der Waals surface area contributed by atoms with Crippen LogP contribution in [0.3, 0.4) is 0 Å². The average Bonchev–Trinajstić information content (AvgIpc) is 2.59. The van der Waals surface area contributed by atoms with E-state index in [1.807, 2.05) is 24.3 Å². The molecule has 0 aliphatic heterocycles. The van der Waals surface area contributed by atoms with Crippen LogP contribution in [0.4, 0.5) is 13.2 Å². The van der Waals surface area contributed by atoms with Crippen LogP contribution >= 0.6 is 0 Å². The number of carbonyl (C=O) groups excluding carboxylic acids is 1. The Morgan fingerprint density at radius 3 is 1.70 bits per heavy atom. The summed E-state index contributed by atoms with van der Waals surface area (Å²) < 4.78 is 43.4. The lowest BCUT2D eigenvalue weighted by Crippen LogP contribution is -2.10. The highest BCUT2D eigenvalue weighted by molar-refractivity contribution is 5.96. The summed E-state index contributed by atoms with van der Waals surface area (Å²) in [5.74, 6) is -0.535. The minimum absolute atomic E-state index is 0.0299. The highest BCUT2D eigenvalue weighted by Crippen LogP contribution is 2.32. The lowest BCUT2D eigenvalue weighted by molar-refractivity contribution is -0.138. The van der Waals surface area contributed by atoms with Gasteiger partial charge in [0.1, 0.15) is 0 Å². The van der Waals surface area contributed by atoms with Crippen molar-refractivity contribution < 1.29 is 22.7 Å². The molecule has 0 bridgehead atoms. The first-order valence-corrected chi connectivity index (χ1v) is 8.69. The van der Waals surface area contributed by atoms with Crippen LogP contribution in [0, 0.1) is 0 Å². The first kappa shape index (κ1) is 20.7. The first-order chi connectivity index (χ1) is 12.5. The molecule has 0 radical (unpaired) electrons. The van der Waals surface area contributed by atoms with Gasteiger partial charge in [-0.3, -0.25) is 0 Å². The molecular weight excluding hydrogens is 353 g/mol. The van der Waals surface area contributed by atoms with Gasteiger partial charge in [-0.15, -0.1) is 0 Å². The zero-order chi connectivity index (χ0) is 20.2. The SMILES string of the molecule is CCOC(=O)/C=C(/c1ccc(C(C)(C)C)cc1)c1ccc(C(F)(F)F)cc1. The second-order valence-corrected chi connectivity index (χ2v) is 7.21. The Balaban J connectivity index is 2.48. The van der Waals surface area contributed by atoms with E-state index >= 15 is 0 Å². The summed E-state index contributed by atoms with van der Waals surface area (Å²) in [7, 11) is 0. The maximum absolute atomic E-state index is 12.8. The van der Waals surface area contributed by atoms with Crippen LogP contribution in [0.5, 0.6) is 0 Å². The molecule has 2 rings (SSSR count). The van der Waals surface area contributed by atoms with Crippen molar-refractivity contribution in [2.75, 3.05) is 6.61 Å². The lowest BCUT2D eigenvalue weighted by atomic mass is 9.85. The number of halogens is 3. The minimum atomic E-state index is -4.40. The van der Waals surface area contributed by atoms with Gasteiger partial charge in [-0.25, -0.2) is 4.79 Å². The number of carbonyl (C=O) groups is 1. The van der Waals surface area contributed by atoms with Gasteiger partial charge in [0, 0.05) is 6.08 Å². The van der Waals surface area contributed by atoms with Crippen LogP contribution in [0.15, 0.2) is 54.6 Å². The maximum Gasteiger partial charge on any atom is 0.416 e. The van der Waals surface area contributed by atoms with Gasteiger partial charge in [0.15, 0.2) is 0 Å². The number of hydrogen-bond donors (Lipinski definition) is 0. The van der Waals surface area contributed by atoms with E-state index in [1.54, 1.807) is 6.92 Å². The average molecular weight is 376 g/mol. The van der Waals surface area contributed by atoms with E-state index in [-0.39, 0.29) is 12.0 Å². The molecule has 0 saturated heterocycles. The summed E-state index contributed by atoms with van der Waals surface area (Å²) in [6.45, 7) is 8.19. The molecule has 0 fully saturated rings. The second-order valence-electron chi connectivity index (χ2n) is 7.21. The summed E-state index contributed by atoms with van der Waals surface area (Å²) in [6, 6.07) is 12.4. The molecule has 2 aromatic rings. The molecular formula is C22H23F3O2. The lowest BCUT2D eigenvalue weighted by Gasteiger charge is -2.19. The smallest absolute Gasteiger partial charge is 0.416 e. The van der Waals surface area contributed by atoms with Crippen molar-refractivity contribution >= 4 is 11.5 Å². The molecule has 0 heterocycles. The van der Waals surface area contributed by atoms with Gasteiger partial charge < -0.3 is 4.74 Å². The van der Waals surface area contributed by atoms with Crippen LogP contribution in [-0.4, -0.2) is 12.6 Å². The van der Waals surface area contributed by atoms with Gasteiger partial charge in [-0.2, -0.15) is 13.2 Å². The molecule has 0 unspecified atom stereocenters. The van der Waals surface area contributed by atoms with E-state index in [9.17, 15) is 18.0 Å². The van der Waals surface area contributed by atoms with Crippen LogP contribution in [-0.2, 0) is 21.1 Å². The van der Waals surface area contributed by atoms with E-state index in [4.69, 9.17) is 4.74 Å². The molecule has 0 aromatic heterocycles. The van der Waals surface area contributed by atoms with E-state index in [2.05, 4.69) is 20.8 Å². The Labute approximate surface area is 157 Å². The van der Waals surface area contributed by atoms with Crippen molar-refractivity contribution in [2.24, 2.45) is 0 Å². The largest absolute Gasteiger partial charge is 0.463 e. The molecule has 0 aliphatic carbocycles. The van der Waals surface area contributed by atoms with Gasteiger partial charge in [0.25, 0.3) is 0 Å². The first-order valence-electron chi connectivity index (χ1n) is 8.69. The third-order valence-electron chi connectivity index (χ3n) is 4.13. The zero-order valence-corrected chi connectivity index (χ0v) is 15.9. The third kappa shape index (κ3) is 5.46. The van der Waals surface area contributed by atoms with Crippen molar-refractivity contribution in [1.29, 1.82) is 0 Å². The van der Waals surface area contributed by atoms with E-state index in [1.165, 1.54) is 18.2 Å². The van der Waals surface area contributed by atoms with E-state index in [0.29, 0.717) is 11.1 Å². The van der Waals surface area contributed by atoms with Gasteiger partial charge in [0.2, 0.25) is 0 Å². The minimum Gasteiger partial charge on any atom is -0.463 e. The zero-order valence-electron chi connectivity index (χ0n) is 15.9. The number of esters is 1. The quantitative estimate of drug-likeness (QED) is 0.483. The van der Waals surface area contributed by atoms with Crippen molar-refractivity contribution in [3.8, 4) is 0 Å². The number of benzene rings is 2. The summed E-state index contributed by atoms with van der Waals surface area (Å²) >= 11 is 0. The fourth-order valence-electron chi connectivity index (χ4n) is 2.62. The summed E-state index contributed by atoms with van der Waals surface area (Å²) in [4.78, 5) is 12.0. The molecule has 5 heteroatoms. The summed E-state index contributed by atoms with van der Waals surface area (Å²) in [5, 5.41) is 0. The molecule has 0 atom stereocenters. The van der Waals surface area contributed by atoms with Gasteiger partial charge in [0.05, 0.1) is 12.2 Å². The molecule has 0 spiro atoms. The summed E-state index contributed by atoms with van der Waals surface area (Å²) in [5.41, 5.74) is 2.12. The van der Waals surface area contributed by atoms with Crippen LogP contribution in [0.25, 0.3) is 5.57 Å². The Hall–Kier alpha value is -2.56. The molecule has 2 aromatic carbocycles. The van der Waals surface area contributed by atoms with Gasteiger partial charge >= 0.3 is 12.1 Å². The van der Waals surface area contributed by atoms with E-state index < -0.39 is 17.7 Å². The molecule has 144 valence electrons. The topological polar surface area (TPSA) is 26.3 Å². The Morgan fingerprint density at radius 1 is 0.889 bits per heavy atom. The molecule has 0 N–H and O–H groups in total. The standard InChI is InChI=1S/C22H23F3O2/c1-5-27-20(26)14-19(15-6-10-17(11-7-15)21(2,3)4)16-8-12-18(13-9-16)22(23,24)25/h6-14H,5H2,1-4H3/b19-14-. The van der Waals surface area contributed by atoms with Crippen LogP contribution < -0.4 is 0 Å². The van der Waals surface area contributed by atoms with Crippen LogP contribution in [0.1, 0.15) is 49.9 Å². The van der Waals surface area contributed by atoms with Crippen molar-refractivity contribution in [2.45, 2.75) is 39.3 Å². The van der Waals surface area contributed by atoms with E-state index in [0.717, 1.165) is 23.3 Å². The molecule has 0 saturated carbocycles. The monoisotopic (exact) mass is 376 g/mol. The number of rotatable bonds is 4. The number of ether oxygens (including phenoxy) is 1. The third-order valence-corrected chi connectivity index (χ3v) is 4.13. The van der Waals surface area contributed by atoms with Crippen molar-refractivity contribution in [3.63, 3.8) is 0 Å². The molecule has 0 aliphatic rings. The van der Waals surface area contributed by atoms with Crippen molar-refractivity contribution in [3.05, 3.63) is 76.9 Å². The van der Waals surface area contributed by atoms with Crippen molar-refractivity contribution in [1.82, 2.24) is 0 Å². The normalized spacial score (nSPS) is 12.8. The van der Waals surface area contributed by atoms with Gasteiger partial charge in [-0.1, -0.05) is 57.2 Å². The Kier molecular flexibility index (Phi) is 6.14. The molecule has 2 nitrogen and oxygen atoms in total. The summed E-state index contributed by atoms with van der Waals surface area (Å²) in [6.07, 6.45) is -3.09. The second kappa shape index (κ2) is 7.99. The predicted octanol–water partition coefficient (Wildman–Crippen LogP) is 6.00. The Bertz CT molecular complexity index is 749. The molecule has 0 amide bonds. The maximum atomic E-state index is 12.8. The fourth-order valence-corrected chi connectivity index (χ4v) is 2.62. The van der Waals surface area contributed by atoms with Crippen LogP contribution in [0.2, 0.25) is 0 Å². The number of alkyl halides is 3. The highest BCUT2D eigenvalue weighted by Gasteiger charge is 2.30. The van der Waals surface area contributed by atoms with Gasteiger partial charge in [-0.05, 0) is 46.7 Å². The molecule has 27 heavy (non-hydrogen) atoms. The Morgan fingerprint density at radius 2 is 1.33 bits per heavy atom. The highest BCUT2D eigenvalue weighted by atomic mass is 19.4. The number of hydrogen-bond acceptors (Lipinski definition) is 2. The predicted molar refractivity (Wildman–Crippen MR) is 100 cm³/mol. The fraction of sp³-hybridized carbons (Fsp3) is 0.318.